The predicted octanol–water partition coefficient (Wildman–Crippen LogP) is 1.80. The summed E-state index contributed by atoms with van der Waals surface area (Å²) in [5.41, 5.74) is 0.390. The summed E-state index contributed by atoms with van der Waals surface area (Å²) in [6.45, 7) is 0.447. The Morgan fingerprint density at radius 3 is 2.18 bits per heavy atom. The van der Waals surface area contributed by atoms with Gasteiger partial charge in [-0.2, -0.15) is 13.2 Å². The SMILES string of the molecule is COC(=O)c1ccc(OC2CO[C@H]3CN(C(=O)CC(F)(F)F)C[C@@H]3OC2)cc1. The summed E-state index contributed by atoms with van der Waals surface area (Å²) in [5.74, 6) is -0.921. The number of methoxy groups -OCH3 is 1. The van der Waals surface area contributed by atoms with Gasteiger partial charge in [-0.05, 0) is 24.3 Å². The molecule has 154 valence electrons. The van der Waals surface area contributed by atoms with Gasteiger partial charge in [-0.15, -0.1) is 0 Å². The molecule has 0 unspecified atom stereocenters. The number of hydrogen-bond acceptors (Lipinski definition) is 6. The molecule has 7 nitrogen and oxygen atoms in total. The van der Waals surface area contributed by atoms with Gasteiger partial charge in [0.1, 0.15) is 30.5 Å². The summed E-state index contributed by atoms with van der Waals surface area (Å²) >= 11 is 0. The van der Waals surface area contributed by atoms with E-state index in [1.165, 1.54) is 7.11 Å². The van der Waals surface area contributed by atoms with E-state index in [9.17, 15) is 22.8 Å². The molecule has 0 aromatic heterocycles. The Hall–Kier alpha value is -2.33. The molecule has 1 aromatic rings. The lowest BCUT2D eigenvalue weighted by molar-refractivity contribution is -0.161. The third kappa shape index (κ3) is 5.14. The Balaban J connectivity index is 1.51. The highest BCUT2D eigenvalue weighted by Gasteiger charge is 2.42. The molecule has 10 heteroatoms. The topological polar surface area (TPSA) is 74.3 Å². The van der Waals surface area contributed by atoms with Gasteiger partial charge in [0.25, 0.3) is 0 Å². The third-order valence-electron chi connectivity index (χ3n) is 4.49. The number of ether oxygens (including phenoxy) is 4. The minimum absolute atomic E-state index is 0.0557. The molecule has 0 saturated carbocycles. The molecule has 28 heavy (non-hydrogen) atoms. The van der Waals surface area contributed by atoms with Crippen LogP contribution in [0.15, 0.2) is 24.3 Å². The van der Waals surface area contributed by atoms with Gasteiger partial charge in [-0.3, -0.25) is 4.79 Å². The van der Waals surface area contributed by atoms with Crippen LogP contribution in [-0.2, 0) is 19.0 Å². The molecule has 1 aromatic carbocycles. The maximum atomic E-state index is 12.4. The standard InChI is InChI=1S/C18H20F3NO6/c1-25-17(24)11-2-4-12(5-3-11)28-13-9-26-14-7-22(8-15(14)27-10-13)16(23)6-18(19,20)21/h2-5,13-15H,6-10H2,1H3/t14-,15-/m0/s1. The number of amides is 1. The normalized spacial score (nSPS) is 23.1. The third-order valence-corrected chi connectivity index (χ3v) is 4.49. The number of halogens is 3. The molecule has 2 aliphatic heterocycles. The molecule has 2 saturated heterocycles. The Morgan fingerprint density at radius 2 is 1.68 bits per heavy atom. The molecule has 0 radical (unpaired) electrons. The van der Waals surface area contributed by atoms with Gasteiger partial charge >= 0.3 is 12.1 Å². The number of rotatable bonds is 4. The van der Waals surface area contributed by atoms with Gasteiger partial charge in [0.15, 0.2) is 0 Å². The van der Waals surface area contributed by atoms with Crippen molar-refractivity contribution < 1.29 is 41.7 Å². The largest absolute Gasteiger partial charge is 0.486 e. The van der Waals surface area contributed by atoms with E-state index in [1.807, 2.05) is 0 Å². The van der Waals surface area contributed by atoms with E-state index in [2.05, 4.69) is 4.74 Å². The fourth-order valence-corrected chi connectivity index (χ4v) is 3.11. The first-order valence-electron chi connectivity index (χ1n) is 8.68. The van der Waals surface area contributed by atoms with E-state index < -0.39 is 42.8 Å². The minimum atomic E-state index is -4.54. The van der Waals surface area contributed by atoms with Gasteiger partial charge in [-0.1, -0.05) is 0 Å². The van der Waals surface area contributed by atoms with E-state index in [1.54, 1.807) is 24.3 Å². The van der Waals surface area contributed by atoms with Crippen LogP contribution in [0, 0.1) is 0 Å². The second-order valence-electron chi connectivity index (χ2n) is 6.59. The van der Waals surface area contributed by atoms with Crippen molar-refractivity contribution in [1.82, 2.24) is 4.90 Å². The zero-order chi connectivity index (χ0) is 20.3. The Labute approximate surface area is 159 Å². The number of alkyl halides is 3. The fourth-order valence-electron chi connectivity index (χ4n) is 3.11. The van der Waals surface area contributed by atoms with Crippen molar-refractivity contribution in [1.29, 1.82) is 0 Å². The van der Waals surface area contributed by atoms with Crippen molar-refractivity contribution in [3.8, 4) is 5.75 Å². The average molecular weight is 403 g/mol. The fraction of sp³-hybridized carbons (Fsp3) is 0.556. The number of hydrogen-bond donors (Lipinski definition) is 0. The molecule has 2 atom stereocenters. The molecule has 3 rings (SSSR count). The van der Waals surface area contributed by atoms with Crippen molar-refractivity contribution in [3.63, 3.8) is 0 Å². The average Bonchev–Trinajstić information content (AvgIpc) is 2.97. The molecule has 0 spiro atoms. The summed E-state index contributed by atoms with van der Waals surface area (Å²) in [5, 5.41) is 0. The number of nitrogens with zero attached hydrogens (tertiary/aromatic N) is 1. The number of carbonyl (C=O) groups is 2. The van der Waals surface area contributed by atoms with Crippen LogP contribution in [0.2, 0.25) is 0 Å². The highest BCUT2D eigenvalue weighted by atomic mass is 19.4. The molecule has 2 heterocycles. The highest BCUT2D eigenvalue weighted by molar-refractivity contribution is 5.89. The smallest absolute Gasteiger partial charge is 0.397 e. The lowest BCUT2D eigenvalue weighted by atomic mass is 10.2. The number of benzene rings is 1. The maximum absolute atomic E-state index is 12.4. The zero-order valence-corrected chi connectivity index (χ0v) is 15.1. The number of carbonyl (C=O) groups excluding carboxylic acids is 2. The van der Waals surface area contributed by atoms with Gasteiger partial charge in [0.2, 0.25) is 5.91 Å². The second-order valence-corrected chi connectivity index (χ2v) is 6.59. The highest BCUT2D eigenvalue weighted by Crippen LogP contribution is 2.26. The molecule has 2 aliphatic rings. The Kier molecular flexibility index (Phi) is 6.09. The van der Waals surface area contributed by atoms with E-state index in [0.29, 0.717) is 11.3 Å². The van der Waals surface area contributed by atoms with E-state index in [0.717, 1.165) is 4.90 Å². The van der Waals surface area contributed by atoms with Gasteiger partial charge in [0.05, 0.1) is 25.9 Å². The lowest BCUT2D eigenvalue weighted by Crippen LogP contribution is -2.35. The Bertz CT molecular complexity index is 692. The quantitative estimate of drug-likeness (QED) is 0.714. The van der Waals surface area contributed by atoms with E-state index in [4.69, 9.17) is 14.2 Å². The number of esters is 1. The second kappa shape index (κ2) is 8.36. The molecule has 0 bridgehead atoms. The summed E-state index contributed by atoms with van der Waals surface area (Å²) in [7, 11) is 1.29. The Morgan fingerprint density at radius 1 is 1.11 bits per heavy atom. The molecular weight excluding hydrogens is 383 g/mol. The monoisotopic (exact) mass is 403 g/mol. The molecule has 0 N–H and O–H groups in total. The number of likely N-dealkylation sites (tertiary alicyclic amines) is 1. The van der Waals surface area contributed by atoms with E-state index >= 15 is 0 Å². The zero-order valence-electron chi connectivity index (χ0n) is 15.1. The number of fused-ring (bicyclic) bond motifs is 1. The van der Waals surface area contributed by atoms with Crippen LogP contribution >= 0.6 is 0 Å². The van der Waals surface area contributed by atoms with Crippen molar-refractivity contribution in [2.45, 2.75) is 30.9 Å². The van der Waals surface area contributed by atoms with Gasteiger partial charge in [0, 0.05) is 13.1 Å². The van der Waals surface area contributed by atoms with Crippen LogP contribution in [0.25, 0.3) is 0 Å². The minimum Gasteiger partial charge on any atom is -0.486 e. The summed E-state index contributed by atoms with van der Waals surface area (Å²) in [6, 6.07) is 6.38. The predicted molar refractivity (Wildman–Crippen MR) is 88.9 cm³/mol. The van der Waals surface area contributed by atoms with Gasteiger partial charge < -0.3 is 23.8 Å². The first-order chi connectivity index (χ1) is 13.2. The van der Waals surface area contributed by atoms with Crippen LogP contribution in [0.3, 0.4) is 0 Å². The van der Waals surface area contributed by atoms with Crippen molar-refractivity contribution in [2.24, 2.45) is 0 Å². The molecule has 2 fully saturated rings. The first-order valence-corrected chi connectivity index (χ1v) is 8.68. The molecular formula is C18H20F3NO6. The lowest BCUT2D eigenvalue weighted by Gasteiger charge is -2.20. The molecule has 0 aliphatic carbocycles. The summed E-state index contributed by atoms with van der Waals surface area (Å²) in [6.07, 6.45) is -7.43. The maximum Gasteiger partial charge on any atom is 0.397 e. The first kappa shape index (κ1) is 20.4. The van der Waals surface area contributed by atoms with Crippen LogP contribution in [0.5, 0.6) is 5.75 Å². The van der Waals surface area contributed by atoms with Gasteiger partial charge in [-0.25, -0.2) is 4.79 Å². The summed E-state index contributed by atoms with van der Waals surface area (Å²) < 4.78 is 59.0. The van der Waals surface area contributed by atoms with Crippen LogP contribution in [0.1, 0.15) is 16.8 Å². The van der Waals surface area contributed by atoms with Crippen LogP contribution in [-0.4, -0.2) is 74.7 Å². The van der Waals surface area contributed by atoms with Crippen LogP contribution in [0.4, 0.5) is 13.2 Å². The van der Waals surface area contributed by atoms with E-state index in [-0.39, 0.29) is 26.3 Å². The van der Waals surface area contributed by atoms with Crippen molar-refractivity contribution in [3.05, 3.63) is 29.8 Å². The molecule has 1 amide bonds. The van der Waals surface area contributed by atoms with Crippen molar-refractivity contribution in [2.75, 3.05) is 33.4 Å². The van der Waals surface area contributed by atoms with Crippen molar-refractivity contribution >= 4 is 11.9 Å². The summed E-state index contributed by atoms with van der Waals surface area (Å²) in [4.78, 5) is 24.3. The van der Waals surface area contributed by atoms with Crippen LogP contribution < -0.4 is 4.74 Å².